The zero-order valence-electron chi connectivity index (χ0n) is 14.3. The van der Waals surface area contributed by atoms with Crippen molar-refractivity contribution >= 4 is 33.2 Å². The van der Waals surface area contributed by atoms with Crippen LogP contribution in [-0.2, 0) is 4.79 Å². The standard InChI is InChI=1S/C19H14BrN5O2/c1-12(26)21-15-3-2-4-16(11-15)27-18-10-9-17-22-23-19(25(17)24-18)13-5-7-14(20)8-6-13/h2-11H,1H3,(H,21,26). The molecule has 2 aromatic carbocycles. The van der Waals surface area contributed by atoms with E-state index in [-0.39, 0.29) is 5.91 Å². The molecular formula is C19H14BrN5O2. The van der Waals surface area contributed by atoms with E-state index in [2.05, 4.69) is 36.5 Å². The summed E-state index contributed by atoms with van der Waals surface area (Å²) in [5, 5.41) is 15.6. The third kappa shape index (κ3) is 3.80. The number of amides is 1. The van der Waals surface area contributed by atoms with Gasteiger partial charge >= 0.3 is 0 Å². The average molecular weight is 424 g/mol. The molecule has 7 nitrogen and oxygen atoms in total. The highest BCUT2D eigenvalue weighted by molar-refractivity contribution is 9.10. The minimum atomic E-state index is -0.143. The van der Waals surface area contributed by atoms with Crippen molar-refractivity contribution in [3.8, 4) is 23.0 Å². The van der Waals surface area contributed by atoms with Crippen molar-refractivity contribution in [3.05, 3.63) is 65.1 Å². The fraction of sp³-hybridized carbons (Fsp3) is 0.0526. The van der Waals surface area contributed by atoms with E-state index in [9.17, 15) is 4.79 Å². The SMILES string of the molecule is CC(=O)Nc1cccc(Oc2ccc3nnc(-c4ccc(Br)cc4)n3n2)c1. The molecule has 1 N–H and O–H groups in total. The van der Waals surface area contributed by atoms with Gasteiger partial charge in [-0.15, -0.1) is 15.3 Å². The van der Waals surface area contributed by atoms with Gasteiger partial charge < -0.3 is 10.1 Å². The van der Waals surface area contributed by atoms with E-state index in [1.807, 2.05) is 24.3 Å². The molecule has 27 heavy (non-hydrogen) atoms. The Morgan fingerprint density at radius 2 is 1.89 bits per heavy atom. The van der Waals surface area contributed by atoms with Crippen molar-refractivity contribution in [1.29, 1.82) is 0 Å². The Bertz CT molecular complexity index is 1120. The Hall–Kier alpha value is -3.26. The molecule has 0 fully saturated rings. The molecule has 0 aliphatic carbocycles. The lowest BCUT2D eigenvalue weighted by molar-refractivity contribution is -0.114. The van der Waals surface area contributed by atoms with Gasteiger partial charge in [-0.05, 0) is 30.3 Å². The molecule has 2 heterocycles. The zero-order chi connectivity index (χ0) is 18.8. The van der Waals surface area contributed by atoms with Crippen molar-refractivity contribution < 1.29 is 9.53 Å². The molecule has 0 aliphatic heterocycles. The molecule has 2 aromatic heterocycles. The molecule has 0 spiro atoms. The second-order valence-corrected chi connectivity index (χ2v) is 6.70. The maximum Gasteiger partial charge on any atom is 0.237 e. The van der Waals surface area contributed by atoms with Gasteiger partial charge in [0.15, 0.2) is 11.5 Å². The summed E-state index contributed by atoms with van der Waals surface area (Å²) in [5.41, 5.74) is 2.16. The summed E-state index contributed by atoms with van der Waals surface area (Å²) in [4.78, 5) is 11.2. The van der Waals surface area contributed by atoms with Gasteiger partial charge in [0.1, 0.15) is 5.75 Å². The number of ether oxygens (including phenoxy) is 1. The highest BCUT2D eigenvalue weighted by Gasteiger charge is 2.11. The summed E-state index contributed by atoms with van der Waals surface area (Å²) < 4.78 is 8.46. The molecule has 8 heteroatoms. The number of aromatic nitrogens is 4. The smallest absolute Gasteiger partial charge is 0.237 e. The van der Waals surface area contributed by atoms with Gasteiger partial charge in [-0.25, -0.2) is 0 Å². The Balaban J connectivity index is 1.66. The second-order valence-electron chi connectivity index (χ2n) is 5.78. The Kier molecular flexibility index (Phi) is 4.55. The molecule has 0 saturated carbocycles. The van der Waals surface area contributed by atoms with Crippen LogP contribution < -0.4 is 10.1 Å². The van der Waals surface area contributed by atoms with E-state index in [0.717, 1.165) is 10.0 Å². The quantitative estimate of drug-likeness (QED) is 0.528. The predicted molar refractivity (Wildman–Crippen MR) is 105 cm³/mol. The van der Waals surface area contributed by atoms with Gasteiger partial charge in [0.2, 0.25) is 11.8 Å². The van der Waals surface area contributed by atoms with E-state index in [0.29, 0.717) is 28.8 Å². The minimum Gasteiger partial charge on any atom is -0.438 e. The molecule has 4 rings (SSSR count). The number of carbonyl (C=O) groups excluding carboxylic acids is 1. The molecule has 0 aliphatic rings. The number of nitrogens with zero attached hydrogens (tertiary/aromatic N) is 4. The van der Waals surface area contributed by atoms with Crippen LogP contribution in [0.25, 0.3) is 17.0 Å². The molecule has 0 saturated heterocycles. The minimum absolute atomic E-state index is 0.143. The molecule has 0 atom stereocenters. The van der Waals surface area contributed by atoms with Crippen LogP contribution in [0.4, 0.5) is 5.69 Å². The lowest BCUT2D eigenvalue weighted by Crippen LogP contribution is -2.05. The van der Waals surface area contributed by atoms with Crippen LogP contribution in [0.1, 0.15) is 6.92 Å². The summed E-state index contributed by atoms with van der Waals surface area (Å²) in [6.45, 7) is 1.46. The highest BCUT2D eigenvalue weighted by Crippen LogP contribution is 2.25. The lowest BCUT2D eigenvalue weighted by atomic mass is 10.2. The van der Waals surface area contributed by atoms with Crippen LogP contribution >= 0.6 is 15.9 Å². The van der Waals surface area contributed by atoms with E-state index in [1.54, 1.807) is 40.9 Å². The summed E-state index contributed by atoms with van der Waals surface area (Å²) in [6.07, 6.45) is 0. The Morgan fingerprint density at radius 3 is 2.67 bits per heavy atom. The first-order valence-corrected chi connectivity index (χ1v) is 8.92. The first kappa shape index (κ1) is 17.2. The molecule has 1 amide bonds. The van der Waals surface area contributed by atoms with Crippen molar-refractivity contribution in [1.82, 2.24) is 19.8 Å². The van der Waals surface area contributed by atoms with Crippen molar-refractivity contribution in [2.75, 3.05) is 5.32 Å². The number of hydrogen-bond acceptors (Lipinski definition) is 5. The normalized spacial score (nSPS) is 10.7. The van der Waals surface area contributed by atoms with E-state index < -0.39 is 0 Å². The number of halogens is 1. The number of fused-ring (bicyclic) bond motifs is 1. The first-order chi connectivity index (χ1) is 13.1. The number of hydrogen-bond donors (Lipinski definition) is 1. The van der Waals surface area contributed by atoms with Crippen molar-refractivity contribution in [2.45, 2.75) is 6.92 Å². The third-order valence-electron chi connectivity index (χ3n) is 3.72. The number of nitrogens with one attached hydrogen (secondary N) is 1. The molecule has 0 radical (unpaired) electrons. The van der Waals surface area contributed by atoms with Crippen LogP contribution in [0.15, 0.2) is 65.1 Å². The van der Waals surface area contributed by atoms with Crippen LogP contribution in [0.2, 0.25) is 0 Å². The Morgan fingerprint density at radius 1 is 1.07 bits per heavy atom. The number of benzene rings is 2. The van der Waals surface area contributed by atoms with Gasteiger partial charge in [-0.3, -0.25) is 4.79 Å². The van der Waals surface area contributed by atoms with Gasteiger partial charge in [0.25, 0.3) is 0 Å². The first-order valence-electron chi connectivity index (χ1n) is 8.12. The highest BCUT2D eigenvalue weighted by atomic mass is 79.9. The van der Waals surface area contributed by atoms with Gasteiger partial charge in [-0.2, -0.15) is 4.52 Å². The average Bonchev–Trinajstić information content (AvgIpc) is 3.05. The van der Waals surface area contributed by atoms with Crippen LogP contribution in [0.5, 0.6) is 11.6 Å². The van der Waals surface area contributed by atoms with Crippen molar-refractivity contribution in [2.24, 2.45) is 0 Å². The predicted octanol–water partition coefficient (Wildman–Crippen LogP) is 4.30. The number of rotatable bonds is 4. The topological polar surface area (TPSA) is 81.4 Å². The Labute approximate surface area is 163 Å². The van der Waals surface area contributed by atoms with E-state index in [1.165, 1.54) is 6.92 Å². The van der Waals surface area contributed by atoms with Gasteiger partial charge in [-0.1, -0.05) is 34.1 Å². The fourth-order valence-corrected chi connectivity index (χ4v) is 2.83. The van der Waals surface area contributed by atoms with Gasteiger partial charge in [0.05, 0.1) is 0 Å². The van der Waals surface area contributed by atoms with Crippen LogP contribution in [0, 0.1) is 0 Å². The van der Waals surface area contributed by atoms with Gasteiger partial charge in [0, 0.05) is 34.8 Å². The molecular weight excluding hydrogens is 410 g/mol. The molecule has 134 valence electrons. The number of carbonyl (C=O) groups is 1. The van der Waals surface area contributed by atoms with Crippen LogP contribution in [0.3, 0.4) is 0 Å². The summed E-state index contributed by atoms with van der Waals surface area (Å²) >= 11 is 3.42. The van der Waals surface area contributed by atoms with Crippen LogP contribution in [-0.4, -0.2) is 25.7 Å². The second kappa shape index (κ2) is 7.16. The maximum absolute atomic E-state index is 11.2. The molecule has 4 aromatic rings. The van der Waals surface area contributed by atoms with Crippen molar-refractivity contribution in [3.63, 3.8) is 0 Å². The zero-order valence-corrected chi connectivity index (χ0v) is 15.8. The summed E-state index contributed by atoms with van der Waals surface area (Å²) in [7, 11) is 0. The summed E-state index contributed by atoms with van der Waals surface area (Å²) in [6, 6.07) is 18.4. The van der Waals surface area contributed by atoms with E-state index in [4.69, 9.17) is 4.74 Å². The summed E-state index contributed by atoms with van der Waals surface area (Å²) in [5.74, 6) is 1.43. The largest absolute Gasteiger partial charge is 0.438 e. The third-order valence-corrected chi connectivity index (χ3v) is 4.25. The maximum atomic E-state index is 11.2. The number of anilines is 1. The monoisotopic (exact) mass is 423 g/mol. The molecule has 0 bridgehead atoms. The lowest BCUT2D eigenvalue weighted by Gasteiger charge is -2.08. The molecule has 0 unspecified atom stereocenters. The fourth-order valence-electron chi connectivity index (χ4n) is 2.57. The van der Waals surface area contributed by atoms with E-state index >= 15 is 0 Å².